The number of anilines is 2. The summed E-state index contributed by atoms with van der Waals surface area (Å²) in [5.74, 6) is -0.710. The van der Waals surface area contributed by atoms with Gasteiger partial charge in [0.25, 0.3) is 0 Å². The molecular formula is C14H11Cl2FN2OS. The zero-order chi connectivity index (χ0) is 15.4. The molecule has 0 saturated carbocycles. The summed E-state index contributed by atoms with van der Waals surface area (Å²) in [6.45, 7) is 0. The van der Waals surface area contributed by atoms with Crippen molar-refractivity contribution in [3.63, 3.8) is 0 Å². The highest BCUT2D eigenvalue weighted by Gasteiger charge is 2.09. The van der Waals surface area contributed by atoms with Gasteiger partial charge in [0, 0.05) is 15.6 Å². The predicted molar refractivity (Wildman–Crippen MR) is 86.6 cm³/mol. The average Bonchev–Trinajstić information content (AvgIpc) is 2.42. The molecule has 0 radical (unpaired) electrons. The molecule has 0 unspecified atom stereocenters. The molecule has 0 bridgehead atoms. The summed E-state index contributed by atoms with van der Waals surface area (Å²) in [7, 11) is 0. The van der Waals surface area contributed by atoms with Gasteiger partial charge in [-0.2, -0.15) is 0 Å². The van der Waals surface area contributed by atoms with E-state index in [2.05, 4.69) is 5.32 Å². The number of hydrogen-bond donors (Lipinski definition) is 2. The first-order valence-corrected chi connectivity index (χ1v) is 7.62. The molecule has 7 heteroatoms. The molecule has 0 spiro atoms. The number of rotatable bonds is 4. The molecule has 0 aliphatic heterocycles. The van der Waals surface area contributed by atoms with Crippen molar-refractivity contribution in [2.75, 3.05) is 16.8 Å². The van der Waals surface area contributed by atoms with Gasteiger partial charge in [0.1, 0.15) is 5.82 Å². The van der Waals surface area contributed by atoms with Gasteiger partial charge in [-0.3, -0.25) is 4.79 Å². The summed E-state index contributed by atoms with van der Waals surface area (Å²) in [5, 5.41) is 3.48. The zero-order valence-electron chi connectivity index (χ0n) is 10.7. The Labute approximate surface area is 135 Å². The first-order chi connectivity index (χ1) is 9.95. The number of carbonyl (C=O) groups is 1. The maximum Gasteiger partial charge on any atom is 0.234 e. The lowest BCUT2D eigenvalue weighted by Crippen LogP contribution is -2.14. The Bertz CT molecular complexity index is 682. The van der Waals surface area contributed by atoms with Crippen LogP contribution in [0.1, 0.15) is 0 Å². The standard InChI is InChI=1S/C14H11Cl2FN2OS/c15-8-1-3-10(16)12(5-8)19-14(20)7-21-13-4-2-9(18)6-11(13)17/h1-6H,7,18H2,(H,19,20). The van der Waals surface area contributed by atoms with E-state index in [1.54, 1.807) is 24.3 Å². The summed E-state index contributed by atoms with van der Waals surface area (Å²) in [5.41, 5.74) is 6.22. The van der Waals surface area contributed by atoms with Crippen molar-refractivity contribution in [1.29, 1.82) is 0 Å². The van der Waals surface area contributed by atoms with E-state index in [4.69, 9.17) is 28.9 Å². The first-order valence-electron chi connectivity index (χ1n) is 5.88. The molecule has 3 nitrogen and oxygen atoms in total. The Hall–Kier alpha value is -1.43. The SMILES string of the molecule is Nc1ccc(SCC(=O)Nc2cc(Cl)ccc2Cl)c(F)c1. The van der Waals surface area contributed by atoms with Gasteiger partial charge in [0.05, 0.1) is 16.5 Å². The van der Waals surface area contributed by atoms with E-state index in [1.165, 1.54) is 12.1 Å². The smallest absolute Gasteiger partial charge is 0.234 e. The minimum Gasteiger partial charge on any atom is -0.399 e. The van der Waals surface area contributed by atoms with Gasteiger partial charge in [0.2, 0.25) is 5.91 Å². The Kier molecular flexibility index (Phi) is 5.33. The quantitative estimate of drug-likeness (QED) is 0.636. The van der Waals surface area contributed by atoms with Crippen LogP contribution in [0.25, 0.3) is 0 Å². The topological polar surface area (TPSA) is 55.1 Å². The molecule has 3 N–H and O–H groups in total. The van der Waals surface area contributed by atoms with E-state index >= 15 is 0 Å². The molecule has 110 valence electrons. The number of nitrogen functional groups attached to an aromatic ring is 1. The number of carbonyl (C=O) groups excluding carboxylic acids is 1. The summed E-state index contributed by atoms with van der Waals surface area (Å²) in [4.78, 5) is 12.2. The third-order valence-electron chi connectivity index (χ3n) is 2.52. The molecule has 0 atom stereocenters. The van der Waals surface area contributed by atoms with Gasteiger partial charge >= 0.3 is 0 Å². The predicted octanol–water partition coefficient (Wildman–Crippen LogP) is 4.45. The van der Waals surface area contributed by atoms with Crippen molar-refractivity contribution in [2.24, 2.45) is 0 Å². The Morgan fingerprint density at radius 3 is 2.71 bits per heavy atom. The second-order valence-corrected chi connectivity index (χ2v) is 6.01. The second-order valence-electron chi connectivity index (χ2n) is 4.15. The summed E-state index contributed by atoms with van der Waals surface area (Å²) in [6.07, 6.45) is 0. The van der Waals surface area contributed by atoms with Crippen molar-refractivity contribution < 1.29 is 9.18 Å². The van der Waals surface area contributed by atoms with Crippen LogP contribution in [0.4, 0.5) is 15.8 Å². The lowest BCUT2D eigenvalue weighted by Gasteiger charge is -2.08. The highest BCUT2D eigenvalue weighted by Crippen LogP contribution is 2.27. The number of benzene rings is 2. The van der Waals surface area contributed by atoms with E-state index in [0.717, 1.165) is 11.8 Å². The molecule has 2 aromatic carbocycles. The largest absolute Gasteiger partial charge is 0.399 e. The second kappa shape index (κ2) is 7.02. The number of amides is 1. The zero-order valence-corrected chi connectivity index (χ0v) is 13.0. The van der Waals surface area contributed by atoms with Crippen molar-refractivity contribution >= 4 is 52.2 Å². The van der Waals surface area contributed by atoms with Gasteiger partial charge in [-0.25, -0.2) is 4.39 Å². The molecule has 0 heterocycles. The van der Waals surface area contributed by atoms with E-state index < -0.39 is 5.82 Å². The van der Waals surface area contributed by atoms with E-state index in [-0.39, 0.29) is 11.7 Å². The number of hydrogen-bond acceptors (Lipinski definition) is 3. The molecule has 1 amide bonds. The molecule has 0 aliphatic rings. The molecule has 2 aromatic rings. The van der Waals surface area contributed by atoms with Crippen LogP contribution in [0.15, 0.2) is 41.3 Å². The Morgan fingerprint density at radius 1 is 1.24 bits per heavy atom. The number of nitrogens with one attached hydrogen (secondary N) is 1. The minimum absolute atomic E-state index is 0.0453. The van der Waals surface area contributed by atoms with Crippen LogP contribution >= 0.6 is 35.0 Å². The maximum absolute atomic E-state index is 13.6. The molecule has 21 heavy (non-hydrogen) atoms. The van der Waals surface area contributed by atoms with Crippen LogP contribution in [0.3, 0.4) is 0 Å². The molecule has 0 saturated heterocycles. The first kappa shape index (κ1) is 15.9. The number of nitrogens with two attached hydrogens (primary N) is 1. The van der Waals surface area contributed by atoms with Crippen LogP contribution in [-0.4, -0.2) is 11.7 Å². The van der Waals surface area contributed by atoms with Crippen LogP contribution < -0.4 is 11.1 Å². The highest BCUT2D eigenvalue weighted by molar-refractivity contribution is 8.00. The fraction of sp³-hybridized carbons (Fsp3) is 0.0714. The van der Waals surface area contributed by atoms with Gasteiger partial charge in [0.15, 0.2) is 0 Å². The van der Waals surface area contributed by atoms with Gasteiger partial charge in [-0.15, -0.1) is 11.8 Å². The minimum atomic E-state index is -0.450. The van der Waals surface area contributed by atoms with Gasteiger partial charge in [-0.1, -0.05) is 23.2 Å². The van der Waals surface area contributed by atoms with Crippen LogP contribution in [0.5, 0.6) is 0 Å². The summed E-state index contributed by atoms with van der Waals surface area (Å²) in [6, 6.07) is 9.10. The maximum atomic E-state index is 13.6. The van der Waals surface area contributed by atoms with E-state index in [9.17, 15) is 9.18 Å². The molecule has 0 fully saturated rings. The lowest BCUT2D eigenvalue weighted by molar-refractivity contribution is -0.113. The fourth-order valence-corrected chi connectivity index (χ4v) is 2.61. The lowest BCUT2D eigenvalue weighted by atomic mass is 10.3. The van der Waals surface area contributed by atoms with Crippen molar-refractivity contribution in [3.05, 3.63) is 52.3 Å². The number of thioether (sulfide) groups is 1. The van der Waals surface area contributed by atoms with Gasteiger partial charge in [-0.05, 0) is 36.4 Å². The summed E-state index contributed by atoms with van der Waals surface area (Å²) < 4.78 is 13.6. The Balaban J connectivity index is 1.97. The van der Waals surface area contributed by atoms with Gasteiger partial charge < -0.3 is 11.1 Å². The van der Waals surface area contributed by atoms with Crippen LogP contribution in [0.2, 0.25) is 10.0 Å². The molecule has 2 rings (SSSR count). The normalized spacial score (nSPS) is 10.4. The van der Waals surface area contributed by atoms with Crippen molar-refractivity contribution in [3.8, 4) is 0 Å². The van der Waals surface area contributed by atoms with Crippen LogP contribution in [0, 0.1) is 5.82 Å². The van der Waals surface area contributed by atoms with E-state index in [0.29, 0.717) is 26.3 Å². The number of halogens is 3. The average molecular weight is 345 g/mol. The summed E-state index contributed by atoms with van der Waals surface area (Å²) >= 11 is 12.9. The van der Waals surface area contributed by atoms with Crippen molar-refractivity contribution in [2.45, 2.75) is 4.90 Å². The third-order valence-corrected chi connectivity index (χ3v) is 4.13. The van der Waals surface area contributed by atoms with E-state index in [1.807, 2.05) is 0 Å². The Morgan fingerprint density at radius 2 is 2.00 bits per heavy atom. The van der Waals surface area contributed by atoms with Crippen molar-refractivity contribution in [1.82, 2.24) is 0 Å². The monoisotopic (exact) mass is 344 g/mol. The third kappa shape index (κ3) is 4.52. The molecular weight excluding hydrogens is 334 g/mol. The molecule has 0 aromatic heterocycles. The fourth-order valence-electron chi connectivity index (χ4n) is 1.56. The van der Waals surface area contributed by atoms with Crippen LogP contribution in [-0.2, 0) is 4.79 Å². The molecule has 0 aliphatic carbocycles. The highest BCUT2D eigenvalue weighted by atomic mass is 35.5.